The van der Waals surface area contributed by atoms with Gasteiger partial charge < -0.3 is 5.32 Å². The molecule has 2 rings (SSSR count). The van der Waals surface area contributed by atoms with Crippen molar-refractivity contribution in [1.82, 2.24) is 10.3 Å². The summed E-state index contributed by atoms with van der Waals surface area (Å²) < 4.78 is 0. The van der Waals surface area contributed by atoms with Gasteiger partial charge >= 0.3 is 0 Å². The highest BCUT2D eigenvalue weighted by molar-refractivity contribution is 7.09. The first-order valence-electron chi connectivity index (χ1n) is 5.27. The standard InChI is InChI=1S/C11H13N3OS/c1-8-14-9(6-16-8)2-5-13-10(15)11(7-12)3-4-11/h6H,2-5H2,1H3,(H,13,15). The number of rotatable bonds is 4. The van der Waals surface area contributed by atoms with Crippen LogP contribution < -0.4 is 5.32 Å². The lowest BCUT2D eigenvalue weighted by atomic mass is 10.1. The molecule has 1 amide bonds. The second-order valence-corrected chi connectivity index (χ2v) is 5.12. The van der Waals surface area contributed by atoms with E-state index in [9.17, 15) is 4.79 Å². The van der Waals surface area contributed by atoms with Crippen LogP contribution in [0.1, 0.15) is 23.5 Å². The molecule has 84 valence electrons. The molecule has 0 unspecified atom stereocenters. The van der Waals surface area contributed by atoms with E-state index in [1.807, 2.05) is 12.3 Å². The summed E-state index contributed by atoms with van der Waals surface area (Å²) in [6.45, 7) is 2.52. The van der Waals surface area contributed by atoms with Gasteiger partial charge in [-0.1, -0.05) is 0 Å². The molecule has 0 atom stereocenters. The van der Waals surface area contributed by atoms with Gasteiger partial charge in [0.2, 0.25) is 5.91 Å². The summed E-state index contributed by atoms with van der Waals surface area (Å²) in [5.74, 6) is -0.123. The molecule has 0 saturated heterocycles. The highest BCUT2D eigenvalue weighted by Crippen LogP contribution is 2.44. The molecule has 0 aliphatic heterocycles. The molecule has 0 bridgehead atoms. The van der Waals surface area contributed by atoms with Gasteiger partial charge in [0.05, 0.1) is 16.8 Å². The Hall–Kier alpha value is -1.41. The number of aromatic nitrogens is 1. The lowest BCUT2D eigenvalue weighted by Crippen LogP contribution is -2.32. The van der Waals surface area contributed by atoms with Gasteiger partial charge in [0, 0.05) is 18.3 Å². The Morgan fingerprint density at radius 1 is 1.75 bits per heavy atom. The molecule has 5 heteroatoms. The quantitative estimate of drug-likeness (QED) is 0.858. The number of nitriles is 1. The summed E-state index contributed by atoms with van der Waals surface area (Å²) >= 11 is 1.61. The molecule has 1 aliphatic rings. The summed E-state index contributed by atoms with van der Waals surface area (Å²) in [6.07, 6.45) is 2.13. The summed E-state index contributed by atoms with van der Waals surface area (Å²) in [7, 11) is 0. The van der Waals surface area contributed by atoms with E-state index < -0.39 is 5.41 Å². The zero-order chi connectivity index (χ0) is 11.6. The van der Waals surface area contributed by atoms with Gasteiger partial charge in [-0.25, -0.2) is 4.98 Å². The van der Waals surface area contributed by atoms with Crippen LogP contribution in [0.5, 0.6) is 0 Å². The molecular weight excluding hydrogens is 222 g/mol. The minimum absolute atomic E-state index is 0.123. The molecule has 1 aliphatic carbocycles. The predicted octanol–water partition coefficient (Wildman–Crippen LogP) is 1.41. The van der Waals surface area contributed by atoms with Gasteiger partial charge in [-0.2, -0.15) is 5.26 Å². The molecule has 1 saturated carbocycles. The maximum Gasteiger partial charge on any atom is 0.240 e. The highest BCUT2D eigenvalue weighted by atomic mass is 32.1. The van der Waals surface area contributed by atoms with Crippen LogP contribution in [0.15, 0.2) is 5.38 Å². The van der Waals surface area contributed by atoms with E-state index in [0.29, 0.717) is 19.4 Å². The largest absolute Gasteiger partial charge is 0.354 e. The van der Waals surface area contributed by atoms with Gasteiger partial charge in [-0.3, -0.25) is 4.79 Å². The van der Waals surface area contributed by atoms with Crippen molar-refractivity contribution in [3.8, 4) is 6.07 Å². The lowest BCUT2D eigenvalue weighted by molar-refractivity contribution is -0.124. The smallest absolute Gasteiger partial charge is 0.240 e. The number of nitrogens with zero attached hydrogens (tertiary/aromatic N) is 2. The molecular formula is C11H13N3OS. The monoisotopic (exact) mass is 235 g/mol. The van der Waals surface area contributed by atoms with Crippen molar-refractivity contribution in [3.63, 3.8) is 0 Å². The molecule has 16 heavy (non-hydrogen) atoms. The van der Waals surface area contributed by atoms with Crippen LogP contribution in [0, 0.1) is 23.7 Å². The first-order chi connectivity index (χ1) is 7.66. The van der Waals surface area contributed by atoms with Crippen molar-refractivity contribution in [2.24, 2.45) is 5.41 Å². The van der Waals surface area contributed by atoms with Gasteiger partial charge in [0.1, 0.15) is 5.41 Å². The highest BCUT2D eigenvalue weighted by Gasteiger charge is 2.50. The van der Waals surface area contributed by atoms with Gasteiger partial charge in [-0.15, -0.1) is 11.3 Å². The van der Waals surface area contributed by atoms with Crippen LogP contribution in [-0.2, 0) is 11.2 Å². The fourth-order valence-corrected chi connectivity index (χ4v) is 2.16. The third-order valence-corrected chi connectivity index (χ3v) is 3.55. The van der Waals surface area contributed by atoms with Crippen molar-refractivity contribution >= 4 is 17.2 Å². The second-order valence-electron chi connectivity index (χ2n) is 4.06. The maximum absolute atomic E-state index is 11.6. The Labute approximate surface area is 98.3 Å². The van der Waals surface area contributed by atoms with Crippen molar-refractivity contribution in [2.45, 2.75) is 26.2 Å². The first kappa shape index (κ1) is 11.1. The molecule has 4 nitrogen and oxygen atoms in total. The van der Waals surface area contributed by atoms with E-state index in [1.54, 1.807) is 11.3 Å². The molecule has 0 spiro atoms. The van der Waals surface area contributed by atoms with Crippen LogP contribution in [0.4, 0.5) is 0 Å². The topological polar surface area (TPSA) is 65.8 Å². The van der Waals surface area contributed by atoms with Crippen molar-refractivity contribution in [1.29, 1.82) is 5.26 Å². The van der Waals surface area contributed by atoms with Crippen LogP contribution in [-0.4, -0.2) is 17.4 Å². The SMILES string of the molecule is Cc1nc(CCNC(=O)C2(C#N)CC2)cs1. The number of hydrogen-bond acceptors (Lipinski definition) is 4. The molecule has 0 aromatic carbocycles. The third kappa shape index (κ3) is 2.22. The number of aryl methyl sites for hydroxylation is 1. The van der Waals surface area contributed by atoms with E-state index in [2.05, 4.69) is 16.4 Å². The fraction of sp³-hybridized carbons (Fsp3) is 0.545. The van der Waals surface area contributed by atoms with Crippen LogP contribution in [0.2, 0.25) is 0 Å². The Morgan fingerprint density at radius 3 is 3.00 bits per heavy atom. The average Bonchev–Trinajstić information content (AvgIpc) is 2.98. The molecule has 1 aromatic rings. The zero-order valence-corrected chi connectivity index (χ0v) is 9.93. The summed E-state index contributed by atoms with van der Waals surface area (Å²) in [5.41, 5.74) is 0.294. The van der Waals surface area contributed by atoms with Crippen LogP contribution in [0.25, 0.3) is 0 Å². The van der Waals surface area contributed by atoms with Crippen molar-refractivity contribution in [2.75, 3.05) is 6.54 Å². The Kier molecular flexibility index (Phi) is 2.92. The molecule has 1 aromatic heterocycles. The van der Waals surface area contributed by atoms with E-state index in [-0.39, 0.29) is 5.91 Å². The first-order valence-corrected chi connectivity index (χ1v) is 6.15. The second kappa shape index (κ2) is 4.22. The van der Waals surface area contributed by atoms with Crippen LogP contribution >= 0.6 is 11.3 Å². The third-order valence-electron chi connectivity index (χ3n) is 2.73. The van der Waals surface area contributed by atoms with Gasteiger partial charge in [-0.05, 0) is 19.8 Å². The van der Waals surface area contributed by atoms with E-state index in [0.717, 1.165) is 17.1 Å². The fourth-order valence-electron chi connectivity index (χ4n) is 1.51. The number of nitrogens with one attached hydrogen (secondary N) is 1. The molecule has 1 fully saturated rings. The Balaban J connectivity index is 1.77. The van der Waals surface area contributed by atoms with Crippen molar-refractivity contribution < 1.29 is 4.79 Å². The van der Waals surface area contributed by atoms with E-state index in [4.69, 9.17) is 5.26 Å². The van der Waals surface area contributed by atoms with E-state index in [1.165, 1.54) is 0 Å². The predicted molar refractivity (Wildman–Crippen MR) is 60.8 cm³/mol. The normalized spacial score (nSPS) is 16.5. The minimum Gasteiger partial charge on any atom is -0.354 e. The number of carbonyl (C=O) groups excluding carboxylic acids is 1. The number of amides is 1. The van der Waals surface area contributed by atoms with Crippen LogP contribution in [0.3, 0.4) is 0 Å². The Bertz CT molecular complexity index is 442. The molecule has 1 heterocycles. The lowest BCUT2D eigenvalue weighted by Gasteiger charge is -2.06. The maximum atomic E-state index is 11.6. The van der Waals surface area contributed by atoms with Gasteiger partial charge in [0.15, 0.2) is 0 Å². The summed E-state index contributed by atoms with van der Waals surface area (Å²) in [5, 5.41) is 14.7. The average molecular weight is 235 g/mol. The number of thiazole rings is 1. The zero-order valence-electron chi connectivity index (χ0n) is 9.12. The minimum atomic E-state index is -0.710. The summed E-state index contributed by atoms with van der Waals surface area (Å²) in [4.78, 5) is 15.9. The number of carbonyl (C=O) groups is 1. The molecule has 1 N–H and O–H groups in total. The number of hydrogen-bond donors (Lipinski definition) is 1. The van der Waals surface area contributed by atoms with Crippen molar-refractivity contribution in [3.05, 3.63) is 16.1 Å². The summed E-state index contributed by atoms with van der Waals surface area (Å²) in [6, 6.07) is 2.08. The van der Waals surface area contributed by atoms with E-state index >= 15 is 0 Å². The Morgan fingerprint density at radius 2 is 2.50 bits per heavy atom. The van der Waals surface area contributed by atoms with Gasteiger partial charge in [0.25, 0.3) is 0 Å². The molecule has 0 radical (unpaired) electrons.